The van der Waals surface area contributed by atoms with Crippen molar-refractivity contribution in [2.45, 2.75) is 6.54 Å². The second kappa shape index (κ2) is 5.69. The zero-order chi connectivity index (χ0) is 13.8. The second-order valence-corrected chi connectivity index (χ2v) is 4.40. The van der Waals surface area contributed by atoms with Gasteiger partial charge in [0.05, 0.1) is 5.69 Å². The van der Waals surface area contributed by atoms with Crippen molar-refractivity contribution in [2.75, 3.05) is 24.3 Å². The first-order valence-corrected chi connectivity index (χ1v) is 6.03. The Morgan fingerprint density at radius 2 is 1.74 bits per heavy atom. The second-order valence-electron chi connectivity index (χ2n) is 4.40. The Morgan fingerprint density at radius 3 is 2.37 bits per heavy atom. The van der Waals surface area contributed by atoms with E-state index in [1.54, 1.807) is 11.9 Å². The molecule has 0 saturated heterocycles. The maximum absolute atomic E-state index is 13.6. The zero-order valence-corrected chi connectivity index (χ0v) is 11.0. The van der Waals surface area contributed by atoms with Crippen molar-refractivity contribution < 1.29 is 8.78 Å². The Labute approximate surface area is 111 Å². The maximum atomic E-state index is 13.6. The Kier molecular flexibility index (Phi) is 4.00. The molecule has 2 rings (SSSR count). The molecule has 0 atom stereocenters. The molecule has 0 spiro atoms. The van der Waals surface area contributed by atoms with Crippen LogP contribution in [0.15, 0.2) is 42.5 Å². The fourth-order valence-corrected chi connectivity index (χ4v) is 1.91. The molecule has 100 valence electrons. The van der Waals surface area contributed by atoms with Crippen LogP contribution < -0.4 is 10.2 Å². The highest BCUT2D eigenvalue weighted by Crippen LogP contribution is 2.21. The van der Waals surface area contributed by atoms with Crippen LogP contribution in [0.2, 0.25) is 0 Å². The van der Waals surface area contributed by atoms with Gasteiger partial charge < -0.3 is 10.2 Å². The molecule has 0 bridgehead atoms. The van der Waals surface area contributed by atoms with Crippen LogP contribution in [0.4, 0.5) is 20.2 Å². The Hall–Kier alpha value is -2.10. The molecule has 0 aromatic heterocycles. The summed E-state index contributed by atoms with van der Waals surface area (Å²) in [7, 11) is 3.59. The van der Waals surface area contributed by atoms with Gasteiger partial charge in [0.25, 0.3) is 0 Å². The van der Waals surface area contributed by atoms with Crippen LogP contribution in [0.25, 0.3) is 0 Å². The number of hydrogen-bond donors (Lipinski definition) is 1. The predicted molar refractivity (Wildman–Crippen MR) is 74.5 cm³/mol. The van der Waals surface area contributed by atoms with E-state index >= 15 is 0 Å². The van der Waals surface area contributed by atoms with E-state index in [-0.39, 0.29) is 5.69 Å². The van der Waals surface area contributed by atoms with Crippen LogP contribution >= 0.6 is 0 Å². The first kappa shape index (κ1) is 13.3. The third-order valence-electron chi connectivity index (χ3n) is 2.98. The molecule has 2 aromatic carbocycles. The Balaban J connectivity index is 2.15. The molecule has 0 amide bonds. The minimum Gasteiger partial charge on any atom is -0.388 e. The van der Waals surface area contributed by atoms with Crippen LogP contribution in [-0.4, -0.2) is 14.1 Å². The van der Waals surface area contributed by atoms with Gasteiger partial charge in [0.1, 0.15) is 11.6 Å². The molecule has 0 aliphatic rings. The van der Waals surface area contributed by atoms with Gasteiger partial charge in [0.15, 0.2) is 0 Å². The molecule has 0 unspecified atom stereocenters. The van der Waals surface area contributed by atoms with Crippen LogP contribution in [0.3, 0.4) is 0 Å². The fraction of sp³-hybridized carbons (Fsp3) is 0.200. The number of rotatable bonds is 4. The summed E-state index contributed by atoms with van der Waals surface area (Å²) in [6, 6.07) is 11.3. The van der Waals surface area contributed by atoms with E-state index in [9.17, 15) is 8.78 Å². The third-order valence-corrected chi connectivity index (χ3v) is 2.98. The SMILES string of the molecule is CNc1ccc(CN(C)c2cc(F)ccc2F)cc1. The van der Waals surface area contributed by atoms with Crippen LogP contribution in [0.5, 0.6) is 0 Å². The molecular weight excluding hydrogens is 246 g/mol. The largest absolute Gasteiger partial charge is 0.388 e. The lowest BCUT2D eigenvalue weighted by Gasteiger charge is -2.20. The average molecular weight is 262 g/mol. The van der Waals surface area contributed by atoms with Crippen molar-refractivity contribution in [1.82, 2.24) is 0 Å². The highest BCUT2D eigenvalue weighted by atomic mass is 19.1. The van der Waals surface area contributed by atoms with Gasteiger partial charge in [-0.15, -0.1) is 0 Å². The lowest BCUT2D eigenvalue weighted by atomic mass is 10.2. The number of nitrogens with zero attached hydrogens (tertiary/aromatic N) is 1. The molecule has 0 saturated carbocycles. The van der Waals surface area contributed by atoms with Crippen molar-refractivity contribution in [3.05, 3.63) is 59.7 Å². The highest BCUT2D eigenvalue weighted by molar-refractivity contribution is 5.49. The number of hydrogen-bond acceptors (Lipinski definition) is 2. The van der Waals surface area contributed by atoms with Gasteiger partial charge in [-0.1, -0.05) is 12.1 Å². The van der Waals surface area contributed by atoms with Gasteiger partial charge in [0, 0.05) is 32.4 Å². The normalized spacial score (nSPS) is 10.3. The topological polar surface area (TPSA) is 15.3 Å². The monoisotopic (exact) mass is 262 g/mol. The van der Waals surface area contributed by atoms with Gasteiger partial charge in [-0.2, -0.15) is 0 Å². The van der Waals surface area contributed by atoms with Crippen molar-refractivity contribution in [2.24, 2.45) is 0 Å². The summed E-state index contributed by atoms with van der Waals surface area (Å²) < 4.78 is 26.8. The molecule has 4 heteroatoms. The molecule has 19 heavy (non-hydrogen) atoms. The van der Waals surface area contributed by atoms with E-state index in [0.717, 1.165) is 23.4 Å². The van der Waals surface area contributed by atoms with E-state index < -0.39 is 11.6 Å². The first-order valence-electron chi connectivity index (χ1n) is 6.03. The standard InChI is InChI=1S/C15H16F2N2/c1-18-13-6-3-11(4-7-13)10-19(2)15-9-12(16)5-8-14(15)17/h3-9,18H,10H2,1-2H3. The molecule has 0 heterocycles. The average Bonchev–Trinajstić information content (AvgIpc) is 2.42. The third kappa shape index (κ3) is 3.22. The van der Waals surface area contributed by atoms with E-state index in [1.807, 2.05) is 31.3 Å². The Morgan fingerprint density at radius 1 is 1.05 bits per heavy atom. The van der Waals surface area contributed by atoms with Gasteiger partial charge in [-0.3, -0.25) is 0 Å². The van der Waals surface area contributed by atoms with Gasteiger partial charge in [-0.25, -0.2) is 8.78 Å². The van der Waals surface area contributed by atoms with Crippen molar-refractivity contribution >= 4 is 11.4 Å². The highest BCUT2D eigenvalue weighted by Gasteiger charge is 2.09. The predicted octanol–water partition coefficient (Wildman–Crippen LogP) is 3.64. The zero-order valence-electron chi connectivity index (χ0n) is 11.0. The molecule has 1 N–H and O–H groups in total. The fourth-order valence-electron chi connectivity index (χ4n) is 1.91. The summed E-state index contributed by atoms with van der Waals surface area (Å²) in [6.45, 7) is 0.518. The van der Waals surface area contributed by atoms with E-state index in [4.69, 9.17) is 0 Å². The first-order chi connectivity index (χ1) is 9.10. The van der Waals surface area contributed by atoms with Crippen LogP contribution in [-0.2, 0) is 6.54 Å². The Bertz CT molecular complexity index is 553. The number of anilines is 2. The van der Waals surface area contributed by atoms with E-state index in [2.05, 4.69) is 5.32 Å². The maximum Gasteiger partial charge on any atom is 0.146 e. The van der Waals surface area contributed by atoms with Crippen molar-refractivity contribution in [3.8, 4) is 0 Å². The molecule has 0 radical (unpaired) electrons. The number of nitrogens with one attached hydrogen (secondary N) is 1. The molecule has 2 aromatic rings. The summed E-state index contributed by atoms with van der Waals surface area (Å²) in [4.78, 5) is 1.69. The lowest BCUT2D eigenvalue weighted by Crippen LogP contribution is -2.17. The van der Waals surface area contributed by atoms with Crippen molar-refractivity contribution in [1.29, 1.82) is 0 Å². The quantitative estimate of drug-likeness (QED) is 0.905. The van der Waals surface area contributed by atoms with Gasteiger partial charge in [-0.05, 0) is 29.8 Å². The minimum atomic E-state index is -0.436. The van der Waals surface area contributed by atoms with Gasteiger partial charge in [0.2, 0.25) is 0 Å². The molecule has 0 aliphatic heterocycles. The number of benzene rings is 2. The summed E-state index contributed by atoms with van der Waals surface area (Å²) in [5, 5.41) is 3.03. The van der Waals surface area contributed by atoms with Crippen LogP contribution in [0, 0.1) is 11.6 Å². The van der Waals surface area contributed by atoms with E-state index in [0.29, 0.717) is 6.54 Å². The summed E-state index contributed by atoms with van der Waals surface area (Å²) in [6.07, 6.45) is 0. The van der Waals surface area contributed by atoms with Crippen molar-refractivity contribution in [3.63, 3.8) is 0 Å². The molecule has 0 fully saturated rings. The molecule has 2 nitrogen and oxygen atoms in total. The van der Waals surface area contributed by atoms with Crippen LogP contribution in [0.1, 0.15) is 5.56 Å². The minimum absolute atomic E-state index is 0.262. The number of halogens is 2. The van der Waals surface area contributed by atoms with Gasteiger partial charge >= 0.3 is 0 Å². The van der Waals surface area contributed by atoms with E-state index in [1.165, 1.54) is 6.07 Å². The molecular formula is C15H16F2N2. The lowest BCUT2D eigenvalue weighted by molar-refractivity contribution is 0.596. The smallest absolute Gasteiger partial charge is 0.146 e. The molecule has 0 aliphatic carbocycles. The summed E-state index contributed by atoms with van der Waals surface area (Å²) >= 11 is 0. The summed E-state index contributed by atoms with van der Waals surface area (Å²) in [5.41, 5.74) is 2.31. The summed E-state index contributed by atoms with van der Waals surface area (Å²) in [5.74, 6) is -0.857.